The van der Waals surface area contributed by atoms with Gasteiger partial charge in [0.25, 0.3) is 0 Å². The first-order chi connectivity index (χ1) is 29.6. The van der Waals surface area contributed by atoms with E-state index in [9.17, 15) is 0 Å². The molecule has 4 aromatic carbocycles. The van der Waals surface area contributed by atoms with Crippen molar-refractivity contribution in [1.82, 2.24) is 0 Å². The van der Waals surface area contributed by atoms with Crippen molar-refractivity contribution in [1.29, 1.82) is 0 Å². The highest BCUT2D eigenvalue weighted by atomic mass is 16.6. The monoisotopic (exact) mass is 817 g/mol. The van der Waals surface area contributed by atoms with Gasteiger partial charge in [-0.25, -0.2) is 0 Å². The van der Waals surface area contributed by atoms with E-state index in [1.54, 1.807) is 0 Å². The Morgan fingerprint density at radius 3 is 0.933 bits per heavy atom. The van der Waals surface area contributed by atoms with Crippen molar-refractivity contribution < 1.29 is 28.4 Å². The van der Waals surface area contributed by atoms with Crippen LogP contribution < -0.4 is 14.2 Å². The summed E-state index contributed by atoms with van der Waals surface area (Å²) in [6, 6.07) is 27.7. The number of epoxide rings is 3. The molecule has 0 spiro atoms. The van der Waals surface area contributed by atoms with Gasteiger partial charge in [0.15, 0.2) is 0 Å². The molecule has 3 saturated heterocycles. The Morgan fingerprint density at radius 2 is 0.667 bits per heavy atom. The van der Waals surface area contributed by atoms with Gasteiger partial charge in [-0.2, -0.15) is 0 Å². The van der Waals surface area contributed by atoms with E-state index in [0.29, 0.717) is 19.8 Å². The molecule has 0 bridgehead atoms. The predicted molar refractivity (Wildman–Crippen MR) is 246 cm³/mol. The van der Waals surface area contributed by atoms with Gasteiger partial charge in [0.05, 0.1) is 19.8 Å². The zero-order valence-corrected chi connectivity index (χ0v) is 37.1. The highest BCUT2D eigenvalue weighted by Gasteiger charge is 2.25. The van der Waals surface area contributed by atoms with Gasteiger partial charge in [-0.3, -0.25) is 0 Å². The first-order valence-corrected chi connectivity index (χ1v) is 23.9. The number of aryl methyl sites for hydroxylation is 3. The van der Waals surface area contributed by atoms with Gasteiger partial charge in [-0.15, -0.1) is 0 Å². The minimum Gasteiger partial charge on any atom is -0.491 e. The molecular formula is C54H72O6. The van der Waals surface area contributed by atoms with Crippen molar-refractivity contribution in [3.63, 3.8) is 0 Å². The van der Waals surface area contributed by atoms with Crippen LogP contribution in [0.2, 0.25) is 0 Å². The molecule has 3 fully saturated rings. The molecule has 0 amide bonds. The van der Waals surface area contributed by atoms with E-state index in [-0.39, 0.29) is 18.3 Å². The summed E-state index contributed by atoms with van der Waals surface area (Å²) in [4.78, 5) is 0. The highest BCUT2D eigenvalue weighted by Crippen LogP contribution is 2.40. The molecule has 7 rings (SSSR count). The van der Waals surface area contributed by atoms with Gasteiger partial charge in [-0.05, 0) is 143 Å². The highest BCUT2D eigenvalue weighted by molar-refractivity contribution is 5.84. The van der Waals surface area contributed by atoms with Crippen LogP contribution in [0.3, 0.4) is 0 Å². The van der Waals surface area contributed by atoms with Gasteiger partial charge < -0.3 is 28.4 Å². The summed E-state index contributed by atoms with van der Waals surface area (Å²) in [7, 11) is 0. The molecule has 3 aliphatic rings. The Labute approximate surface area is 361 Å². The molecule has 3 unspecified atom stereocenters. The Hall–Kier alpha value is -3.84. The molecule has 3 aliphatic heterocycles. The van der Waals surface area contributed by atoms with Crippen LogP contribution >= 0.6 is 0 Å². The van der Waals surface area contributed by atoms with E-state index in [1.807, 2.05) is 0 Å². The maximum atomic E-state index is 6.28. The molecule has 6 heteroatoms. The van der Waals surface area contributed by atoms with Gasteiger partial charge in [0.2, 0.25) is 0 Å². The van der Waals surface area contributed by atoms with Crippen LogP contribution in [-0.4, -0.2) is 58.0 Å². The summed E-state index contributed by atoms with van der Waals surface area (Å²) < 4.78 is 35.3. The number of hydrogen-bond donors (Lipinski definition) is 0. The SMILES string of the molecule is CCCCCCCc1cc(OCC2CO2)ccc1-c1cc(-c2ccc(OCC3CO3)cc2CCCCCCC)cc(-c2ccc(OCC3CO3)cc2CCCCCCC)c1. The zero-order valence-electron chi connectivity index (χ0n) is 37.1. The summed E-state index contributed by atoms with van der Waals surface area (Å²) in [5.41, 5.74) is 11.7. The fraction of sp³-hybridized carbons (Fsp3) is 0.556. The second kappa shape index (κ2) is 23.4. The van der Waals surface area contributed by atoms with Crippen LogP contribution in [0.15, 0.2) is 72.8 Å². The van der Waals surface area contributed by atoms with E-state index in [2.05, 4.69) is 93.6 Å². The molecule has 60 heavy (non-hydrogen) atoms. The Balaban J connectivity index is 1.29. The van der Waals surface area contributed by atoms with E-state index < -0.39 is 0 Å². The summed E-state index contributed by atoms with van der Waals surface area (Å²) in [5.74, 6) is 2.80. The molecule has 324 valence electrons. The Morgan fingerprint density at radius 1 is 0.383 bits per heavy atom. The number of unbranched alkanes of at least 4 members (excludes halogenated alkanes) is 12. The van der Waals surface area contributed by atoms with Crippen molar-refractivity contribution in [3.8, 4) is 50.6 Å². The lowest BCUT2D eigenvalue weighted by Gasteiger charge is -2.19. The fourth-order valence-electron chi connectivity index (χ4n) is 8.36. The van der Waals surface area contributed by atoms with Crippen LogP contribution in [-0.2, 0) is 33.5 Å². The topological polar surface area (TPSA) is 65.3 Å². The largest absolute Gasteiger partial charge is 0.491 e. The van der Waals surface area contributed by atoms with Crippen LogP contribution in [0.5, 0.6) is 17.2 Å². The average molecular weight is 817 g/mol. The molecule has 3 atom stereocenters. The molecule has 4 aromatic rings. The minimum atomic E-state index is 0.223. The smallest absolute Gasteiger partial charge is 0.119 e. The van der Waals surface area contributed by atoms with E-state index in [0.717, 1.165) is 56.3 Å². The second-order valence-electron chi connectivity index (χ2n) is 17.5. The molecule has 0 radical (unpaired) electrons. The quantitative estimate of drug-likeness (QED) is 0.0386. The van der Waals surface area contributed by atoms with Crippen molar-refractivity contribution >= 4 is 0 Å². The average Bonchev–Trinajstić information content (AvgIpc) is 4.12. The third-order valence-corrected chi connectivity index (χ3v) is 12.3. The molecule has 0 saturated carbocycles. The van der Waals surface area contributed by atoms with Crippen molar-refractivity contribution in [2.24, 2.45) is 0 Å². The van der Waals surface area contributed by atoms with Gasteiger partial charge in [0.1, 0.15) is 55.4 Å². The van der Waals surface area contributed by atoms with Crippen molar-refractivity contribution in [2.75, 3.05) is 39.6 Å². The third kappa shape index (κ3) is 14.1. The molecular weight excluding hydrogens is 745 g/mol. The maximum absolute atomic E-state index is 6.28. The van der Waals surface area contributed by atoms with Crippen molar-refractivity contribution in [3.05, 3.63) is 89.5 Å². The fourth-order valence-corrected chi connectivity index (χ4v) is 8.36. The predicted octanol–water partition coefficient (Wildman–Crippen LogP) is 13.6. The molecule has 0 N–H and O–H groups in total. The Kier molecular flexibility index (Phi) is 17.2. The van der Waals surface area contributed by atoms with Crippen LogP contribution in [0, 0.1) is 0 Å². The molecule has 3 heterocycles. The van der Waals surface area contributed by atoms with E-state index >= 15 is 0 Å². The lowest BCUT2D eigenvalue weighted by molar-refractivity contribution is 0.263. The van der Waals surface area contributed by atoms with Crippen LogP contribution in [0.1, 0.15) is 134 Å². The molecule has 0 aromatic heterocycles. The van der Waals surface area contributed by atoms with Gasteiger partial charge in [-0.1, -0.05) is 116 Å². The molecule has 0 aliphatic carbocycles. The maximum Gasteiger partial charge on any atom is 0.119 e. The third-order valence-electron chi connectivity index (χ3n) is 12.3. The Bertz CT molecular complexity index is 1680. The lowest BCUT2D eigenvalue weighted by atomic mass is 9.86. The zero-order chi connectivity index (χ0) is 41.4. The summed E-state index contributed by atoms with van der Waals surface area (Å²) in [5, 5.41) is 0. The number of ether oxygens (including phenoxy) is 6. The number of rotatable bonds is 30. The molecule has 6 nitrogen and oxygen atoms in total. The van der Waals surface area contributed by atoms with Gasteiger partial charge >= 0.3 is 0 Å². The number of hydrogen-bond acceptors (Lipinski definition) is 6. The lowest BCUT2D eigenvalue weighted by Crippen LogP contribution is -2.05. The van der Waals surface area contributed by atoms with Crippen LogP contribution in [0.4, 0.5) is 0 Å². The van der Waals surface area contributed by atoms with Crippen molar-refractivity contribution in [2.45, 2.75) is 155 Å². The van der Waals surface area contributed by atoms with Crippen LogP contribution in [0.25, 0.3) is 33.4 Å². The first-order valence-electron chi connectivity index (χ1n) is 23.9. The summed E-state index contributed by atoms with van der Waals surface area (Å²) in [6.07, 6.45) is 22.4. The normalized spacial score (nSPS) is 17.8. The standard InChI is InChI=1S/C54H72O6/c1-4-7-10-13-16-19-40-31-46(55-34-49-37-58-49)22-25-52(40)43-28-44(53-26-23-47(56-35-50-38-59-50)32-41(53)20-17-14-11-8-5-2)30-45(29-43)54-27-24-48(57-36-51-39-60-51)33-42(54)21-18-15-12-9-6-3/h22-33,49-51H,4-21,34-39H2,1-3H3. The van der Waals surface area contributed by atoms with Gasteiger partial charge in [0, 0.05) is 0 Å². The van der Waals surface area contributed by atoms with E-state index in [1.165, 1.54) is 146 Å². The number of benzene rings is 4. The minimum absolute atomic E-state index is 0.223. The van der Waals surface area contributed by atoms with E-state index in [4.69, 9.17) is 28.4 Å². The second-order valence-corrected chi connectivity index (χ2v) is 17.5. The summed E-state index contributed by atoms with van der Waals surface area (Å²) in [6.45, 7) is 11.1. The summed E-state index contributed by atoms with van der Waals surface area (Å²) >= 11 is 0. The first kappa shape index (κ1) is 44.2.